The summed E-state index contributed by atoms with van der Waals surface area (Å²) in [6.07, 6.45) is 1.67. The van der Waals surface area contributed by atoms with E-state index in [1.54, 1.807) is 6.92 Å². The van der Waals surface area contributed by atoms with Crippen molar-refractivity contribution in [2.45, 2.75) is 13.5 Å². The molecule has 1 aromatic heterocycles. The molecule has 0 aliphatic carbocycles. The summed E-state index contributed by atoms with van der Waals surface area (Å²) < 4.78 is 6.90. The van der Waals surface area contributed by atoms with E-state index in [4.69, 9.17) is 4.74 Å². The Bertz CT molecular complexity index is 505. The minimum atomic E-state index is -0.357. The number of hydrogen-bond donors (Lipinski definition) is 1. The first-order valence-electron chi connectivity index (χ1n) is 5.75. The first-order chi connectivity index (χ1) is 8.31. The van der Waals surface area contributed by atoms with Gasteiger partial charge in [0.05, 0.1) is 6.61 Å². The van der Waals surface area contributed by atoms with E-state index in [0.717, 1.165) is 6.54 Å². The Morgan fingerprint density at radius 3 is 3.00 bits per heavy atom. The van der Waals surface area contributed by atoms with Crippen LogP contribution in [0.5, 0.6) is 0 Å². The topological polar surface area (TPSA) is 43.3 Å². The van der Waals surface area contributed by atoms with Gasteiger partial charge in [-0.2, -0.15) is 0 Å². The quantitative estimate of drug-likeness (QED) is 0.879. The summed E-state index contributed by atoms with van der Waals surface area (Å²) >= 11 is 0. The maximum Gasteiger partial charge on any atom is 0.407 e. The first-order valence-corrected chi connectivity index (χ1v) is 5.75. The number of amides is 1. The molecule has 1 heterocycles. The van der Waals surface area contributed by atoms with Crippen LogP contribution in [0.2, 0.25) is 0 Å². The van der Waals surface area contributed by atoms with Gasteiger partial charge in [-0.25, -0.2) is 4.79 Å². The highest BCUT2D eigenvalue weighted by molar-refractivity contribution is 5.79. The molecule has 0 aliphatic heterocycles. The van der Waals surface area contributed by atoms with Crippen LogP contribution in [-0.4, -0.2) is 23.8 Å². The van der Waals surface area contributed by atoms with Crippen LogP contribution >= 0.6 is 0 Å². The van der Waals surface area contributed by atoms with Crippen LogP contribution in [0.15, 0.2) is 36.5 Å². The Morgan fingerprint density at radius 1 is 1.35 bits per heavy atom. The molecule has 2 aromatic rings. The third-order valence-electron chi connectivity index (χ3n) is 2.58. The summed E-state index contributed by atoms with van der Waals surface area (Å²) in [7, 11) is 0. The zero-order valence-electron chi connectivity index (χ0n) is 9.85. The van der Waals surface area contributed by atoms with Crippen molar-refractivity contribution < 1.29 is 9.53 Å². The number of carbonyl (C=O) groups is 1. The minimum Gasteiger partial charge on any atom is -0.450 e. The fourth-order valence-corrected chi connectivity index (χ4v) is 1.80. The number of rotatable bonds is 4. The average molecular weight is 232 g/mol. The highest BCUT2D eigenvalue weighted by Gasteiger charge is 2.01. The predicted octanol–water partition coefficient (Wildman–Crippen LogP) is 2.39. The fraction of sp³-hybridized carbons (Fsp3) is 0.308. The Hall–Kier alpha value is -1.97. The van der Waals surface area contributed by atoms with Crippen molar-refractivity contribution in [2.24, 2.45) is 0 Å². The SMILES string of the molecule is CCOC(=O)NCCn1ccc2ccccc21. The zero-order chi connectivity index (χ0) is 12.1. The van der Waals surface area contributed by atoms with E-state index in [1.165, 1.54) is 10.9 Å². The van der Waals surface area contributed by atoms with Gasteiger partial charge in [0.1, 0.15) is 0 Å². The Morgan fingerprint density at radius 2 is 2.18 bits per heavy atom. The summed E-state index contributed by atoms with van der Waals surface area (Å²) in [6, 6.07) is 10.2. The lowest BCUT2D eigenvalue weighted by Gasteiger charge is -2.07. The normalized spacial score (nSPS) is 10.4. The van der Waals surface area contributed by atoms with E-state index < -0.39 is 0 Å². The molecular weight excluding hydrogens is 216 g/mol. The second-order valence-electron chi connectivity index (χ2n) is 3.72. The second-order valence-corrected chi connectivity index (χ2v) is 3.72. The number of benzene rings is 1. The smallest absolute Gasteiger partial charge is 0.407 e. The number of alkyl carbamates (subject to hydrolysis) is 1. The van der Waals surface area contributed by atoms with Crippen LogP contribution < -0.4 is 5.32 Å². The van der Waals surface area contributed by atoms with E-state index in [0.29, 0.717) is 13.2 Å². The molecule has 0 saturated heterocycles. The van der Waals surface area contributed by atoms with E-state index in [2.05, 4.69) is 28.1 Å². The summed E-state index contributed by atoms with van der Waals surface area (Å²) in [6.45, 7) is 3.50. The zero-order valence-corrected chi connectivity index (χ0v) is 9.85. The van der Waals surface area contributed by atoms with Gasteiger partial charge in [0.25, 0.3) is 0 Å². The number of fused-ring (bicyclic) bond motifs is 1. The van der Waals surface area contributed by atoms with Gasteiger partial charge in [0.15, 0.2) is 0 Å². The van der Waals surface area contributed by atoms with Crippen molar-refractivity contribution >= 4 is 17.0 Å². The van der Waals surface area contributed by atoms with Crippen molar-refractivity contribution in [3.63, 3.8) is 0 Å². The number of hydrogen-bond acceptors (Lipinski definition) is 2. The van der Waals surface area contributed by atoms with Crippen molar-refractivity contribution in [1.82, 2.24) is 9.88 Å². The van der Waals surface area contributed by atoms with E-state index >= 15 is 0 Å². The molecule has 1 aromatic carbocycles. The van der Waals surface area contributed by atoms with Crippen LogP contribution in [0.3, 0.4) is 0 Å². The van der Waals surface area contributed by atoms with Crippen molar-refractivity contribution in [1.29, 1.82) is 0 Å². The summed E-state index contributed by atoms with van der Waals surface area (Å²) in [5, 5.41) is 3.92. The van der Waals surface area contributed by atoms with Crippen molar-refractivity contribution in [3.05, 3.63) is 36.5 Å². The van der Waals surface area contributed by atoms with Crippen LogP contribution in [0.4, 0.5) is 4.79 Å². The largest absolute Gasteiger partial charge is 0.450 e. The molecule has 17 heavy (non-hydrogen) atoms. The van der Waals surface area contributed by atoms with Gasteiger partial charge in [0, 0.05) is 24.8 Å². The molecule has 4 heteroatoms. The Labute approximate surface area is 100 Å². The molecule has 1 amide bonds. The molecule has 0 spiro atoms. The number of para-hydroxylation sites is 1. The monoisotopic (exact) mass is 232 g/mol. The highest BCUT2D eigenvalue weighted by atomic mass is 16.5. The lowest BCUT2D eigenvalue weighted by Crippen LogP contribution is -2.27. The van der Waals surface area contributed by atoms with Crippen LogP contribution in [-0.2, 0) is 11.3 Å². The summed E-state index contributed by atoms with van der Waals surface area (Å²) in [5.74, 6) is 0. The average Bonchev–Trinajstić information content (AvgIpc) is 2.73. The molecule has 0 bridgehead atoms. The Kier molecular flexibility index (Phi) is 3.65. The van der Waals surface area contributed by atoms with Gasteiger partial charge >= 0.3 is 6.09 Å². The Balaban J connectivity index is 1.93. The number of nitrogens with zero attached hydrogens (tertiary/aromatic N) is 1. The van der Waals surface area contributed by atoms with E-state index in [-0.39, 0.29) is 6.09 Å². The highest BCUT2D eigenvalue weighted by Crippen LogP contribution is 2.14. The summed E-state index contributed by atoms with van der Waals surface area (Å²) in [4.78, 5) is 11.1. The third-order valence-corrected chi connectivity index (χ3v) is 2.58. The van der Waals surface area contributed by atoms with Crippen LogP contribution in [0, 0.1) is 0 Å². The molecule has 4 nitrogen and oxygen atoms in total. The second kappa shape index (κ2) is 5.39. The van der Waals surface area contributed by atoms with Crippen LogP contribution in [0.1, 0.15) is 6.92 Å². The molecule has 0 radical (unpaired) electrons. The molecule has 0 fully saturated rings. The first kappa shape index (κ1) is 11.5. The molecule has 90 valence electrons. The van der Waals surface area contributed by atoms with E-state index in [1.807, 2.05) is 18.3 Å². The van der Waals surface area contributed by atoms with E-state index in [9.17, 15) is 4.79 Å². The molecule has 1 N–H and O–H groups in total. The van der Waals surface area contributed by atoms with Crippen molar-refractivity contribution in [3.8, 4) is 0 Å². The van der Waals surface area contributed by atoms with Gasteiger partial charge in [-0.1, -0.05) is 18.2 Å². The lowest BCUT2D eigenvalue weighted by molar-refractivity contribution is 0.152. The lowest BCUT2D eigenvalue weighted by atomic mass is 10.2. The predicted molar refractivity (Wildman–Crippen MR) is 67.0 cm³/mol. The summed E-state index contributed by atoms with van der Waals surface area (Å²) in [5.41, 5.74) is 1.18. The van der Waals surface area contributed by atoms with Gasteiger partial charge in [0.2, 0.25) is 0 Å². The van der Waals surface area contributed by atoms with Gasteiger partial charge in [-0.15, -0.1) is 0 Å². The maximum absolute atomic E-state index is 11.1. The fourth-order valence-electron chi connectivity index (χ4n) is 1.80. The van der Waals surface area contributed by atoms with Gasteiger partial charge in [-0.05, 0) is 24.4 Å². The number of nitrogens with one attached hydrogen (secondary N) is 1. The minimum absolute atomic E-state index is 0.357. The standard InChI is InChI=1S/C13H16N2O2/c1-2-17-13(16)14-8-10-15-9-7-11-5-3-4-6-12(11)15/h3-7,9H,2,8,10H2,1H3,(H,14,16). The number of carbonyl (C=O) groups excluding carboxylic acids is 1. The number of aromatic nitrogens is 1. The van der Waals surface area contributed by atoms with Gasteiger partial charge in [-0.3, -0.25) is 0 Å². The van der Waals surface area contributed by atoms with Crippen LogP contribution in [0.25, 0.3) is 10.9 Å². The molecule has 2 rings (SSSR count). The van der Waals surface area contributed by atoms with Gasteiger partial charge < -0.3 is 14.6 Å². The molecule has 0 atom stereocenters. The molecule has 0 saturated carbocycles. The third kappa shape index (κ3) is 2.78. The maximum atomic E-state index is 11.1. The number of ether oxygens (including phenoxy) is 1. The molecule has 0 aliphatic rings. The molecular formula is C13H16N2O2. The van der Waals surface area contributed by atoms with Crippen molar-refractivity contribution in [2.75, 3.05) is 13.2 Å². The molecule has 0 unspecified atom stereocenters.